The topological polar surface area (TPSA) is 104 Å². The van der Waals surface area contributed by atoms with Gasteiger partial charge in [-0.25, -0.2) is 0 Å². The van der Waals surface area contributed by atoms with Crippen molar-refractivity contribution in [2.75, 3.05) is 0 Å². The number of halogens is 5. The zero-order valence-corrected chi connectivity index (χ0v) is 19.1. The van der Waals surface area contributed by atoms with Gasteiger partial charge in [0.15, 0.2) is 5.17 Å². The van der Waals surface area contributed by atoms with Crippen LogP contribution in [0.15, 0.2) is 51.4 Å². The van der Waals surface area contributed by atoms with E-state index in [4.69, 9.17) is 28.3 Å². The van der Waals surface area contributed by atoms with Gasteiger partial charge in [-0.2, -0.15) is 13.2 Å². The summed E-state index contributed by atoms with van der Waals surface area (Å²) in [5.41, 5.74) is -0.580. The summed E-state index contributed by atoms with van der Waals surface area (Å²) < 4.78 is 41.8. The van der Waals surface area contributed by atoms with Crippen LogP contribution in [0.4, 0.5) is 13.2 Å². The number of aromatic nitrogens is 1. The van der Waals surface area contributed by atoms with E-state index in [1.807, 2.05) is 0 Å². The van der Waals surface area contributed by atoms with Gasteiger partial charge in [0.1, 0.15) is 6.54 Å². The van der Waals surface area contributed by atoms with Crippen LogP contribution >= 0.6 is 34.5 Å². The fraction of sp³-hybridized carbons (Fsp3) is 0.143. The van der Waals surface area contributed by atoms with Crippen molar-refractivity contribution in [1.82, 2.24) is 4.57 Å². The molecule has 0 bridgehead atoms. The molecule has 0 amide bonds. The molecule has 2 heterocycles. The minimum absolute atomic E-state index is 0.0690. The lowest BCUT2D eigenvalue weighted by atomic mass is 9.96. The molecule has 2 N–H and O–H groups in total. The molecule has 7 nitrogen and oxygen atoms in total. The Labute approximate surface area is 202 Å². The normalized spacial score (nSPS) is 13.9. The molecule has 2 aromatic carbocycles. The Morgan fingerprint density at radius 1 is 1.12 bits per heavy atom. The molecule has 1 aliphatic rings. The van der Waals surface area contributed by atoms with Gasteiger partial charge in [0, 0.05) is 17.0 Å². The van der Waals surface area contributed by atoms with E-state index >= 15 is 0 Å². The molecular formula is C21H12Cl2F3N3O4S. The molecule has 176 valence electrons. The molecule has 0 spiro atoms. The third-order valence-electron chi connectivity index (χ3n) is 4.99. The number of hydrogen-bond acceptors (Lipinski definition) is 6. The maximum atomic E-state index is 13.7. The number of aliphatic carboxylic acids is 1. The summed E-state index contributed by atoms with van der Waals surface area (Å²) in [6.45, 7) is -0.815. The van der Waals surface area contributed by atoms with E-state index in [9.17, 15) is 27.9 Å². The summed E-state index contributed by atoms with van der Waals surface area (Å²) in [6, 6.07) is 7.91. The maximum absolute atomic E-state index is 13.7. The first-order valence-corrected chi connectivity index (χ1v) is 11.0. The van der Waals surface area contributed by atoms with Crippen LogP contribution in [0.25, 0.3) is 5.57 Å². The van der Waals surface area contributed by atoms with E-state index in [1.54, 1.807) is 6.07 Å². The fourth-order valence-corrected chi connectivity index (χ4v) is 4.78. The highest BCUT2D eigenvalue weighted by Gasteiger charge is 2.34. The van der Waals surface area contributed by atoms with E-state index in [0.717, 1.165) is 6.07 Å². The highest BCUT2D eigenvalue weighted by molar-refractivity contribution is 7.10. The second kappa shape index (κ2) is 8.90. The summed E-state index contributed by atoms with van der Waals surface area (Å²) in [4.78, 5) is 22.6. The zero-order valence-electron chi connectivity index (χ0n) is 16.7. The number of rotatable bonds is 5. The highest BCUT2D eigenvalue weighted by Crippen LogP contribution is 2.37. The van der Waals surface area contributed by atoms with Gasteiger partial charge in [-0.05, 0) is 40.6 Å². The fourth-order valence-electron chi connectivity index (χ4n) is 3.47. The van der Waals surface area contributed by atoms with E-state index < -0.39 is 35.0 Å². The van der Waals surface area contributed by atoms with Gasteiger partial charge in [0.05, 0.1) is 15.8 Å². The van der Waals surface area contributed by atoms with E-state index in [0.29, 0.717) is 32.0 Å². The number of thiazole rings is 1. The molecule has 1 aliphatic heterocycles. The number of fused-ring (bicyclic) bond motifs is 1. The second-order valence-corrected chi connectivity index (χ2v) is 8.93. The molecule has 0 radical (unpaired) electrons. The summed E-state index contributed by atoms with van der Waals surface area (Å²) in [7, 11) is 0. The van der Waals surface area contributed by atoms with Gasteiger partial charge < -0.3 is 10.2 Å². The van der Waals surface area contributed by atoms with Crippen LogP contribution < -0.4 is 15.4 Å². The monoisotopic (exact) mass is 529 g/mol. The van der Waals surface area contributed by atoms with Gasteiger partial charge in [0.25, 0.3) is 0 Å². The number of carbonyl (C=O) groups is 1. The SMILES string of the molecule is O=C(O)Cn1c(O)c(C(Cc2ccc(Cl)cc2C(F)(F)F)=c2ccc3c(c2)C(Cl)=NN=3)sc1=O. The number of hydrogen-bond donors (Lipinski definition) is 2. The Hall–Kier alpha value is -3.15. The van der Waals surface area contributed by atoms with Crippen molar-refractivity contribution in [1.29, 1.82) is 0 Å². The van der Waals surface area contributed by atoms with Crippen molar-refractivity contribution in [3.63, 3.8) is 0 Å². The first-order chi connectivity index (χ1) is 16.0. The van der Waals surface area contributed by atoms with Crippen LogP contribution in [0.1, 0.15) is 21.6 Å². The number of aromatic hydroxyl groups is 1. The molecule has 0 fully saturated rings. The highest BCUT2D eigenvalue weighted by atomic mass is 35.5. The van der Waals surface area contributed by atoms with Crippen LogP contribution in [-0.4, -0.2) is 25.9 Å². The number of benzene rings is 2. The van der Waals surface area contributed by atoms with Crippen LogP contribution in [0, 0.1) is 0 Å². The molecule has 1 aromatic heterocycles. The number of carboxylic acids is 1. The van der Waals surface area contributed by atoms with Gasteiger partial charge in [-0.3, -0.25) is 14.2 Å². The van der Waals surface area contributed by atoms with Crippen molar-refractivity contribution in [3.05, 3.63) is 83.2 Å². The van der Waals surface area contributed by atoms with Crippen LogP contribution in [0.3, 0.4) is 0 Å². The first-order valence-electron chi connectivity index (χ1n) is 9.41. The molecule has 0 unspecified atom stereocenters. The predicted molar refractivity (Wildman–Crippen MR) is 120 cm³/mol. The summed E-state index contributed by atoms with van der Waals surface area (Å²) in [5.74, 6) is -2.04. The van der Waals surface area contributed by atoms with Gasteiger partial charge in [-0.15, -0.1) is 10.2 Å². The average molecular weight is 530 g/mol. The molecule has 0 saturated carbocycles. The largest absolute Gasteiger partial charge is 0.493 e. The lowest BCUT2D eigenvalue weighted by Crippen LogP contribution is -2.19. The number of alkyl halides is 3. The van der Waals surface area contributed by atoms with E-state index in [2.05, 4.69) is 10.2 Å². The van der Waals surface area contributed by atoms with Crippen molar-refractivity contribution in [2.45, 2.75) is 19.1 Å². The van der Waals surface area contributed by atoms with E-state index in [1.165, 1.54) is 24.3 Å². The number of carboxylic acid groups (broad SMARTS) is 1. The summed E-state index contributed by atoms with van der Waals surface area (Å²) in [6.07, 6.45) is -5.08. The van der Waals surface area contributed by atoms with Crippen LogP contribution in [-0.2, 0) is 23.9 Å². The molecule has 4 rings (SSSR count). The lowest BCUT2D eigenvalue weighted by molar-refractivity contribution is -0.138. The minimum atomic E-state index is -4.72. The molecule has 0 saturated heterocycles. The average Bonchev–Trinajstić information content (AvgIpc) is 3.26. The first kappa shape index (κ1) is 24.0. The Bertz CT molecular complexity index is 1540. The zero-order chi connectivity index (χ0) is 24.8. The Morgan fingerprint density at radius 2 is 1.85 bits per heavy atom. The van der Waals surface area contributed by atoms with E-state index in [-0.39, 0.29) is 32.6 Å². The van der Waals surface area contributed by atoms with Crippen molar-refractivity contribution in [3.8, 4) is 5.88 Å². The van der Waals surface area contributed by atoms with Crippen molar-refractivity contribution in [2.24, 2.45) is 10.2 Å². The van der Waals surface area contributed by atoms with Crippen LogP contribution in [0.5, 0.6) is 5.88 Å². The van der Waals surface area contributed by atoms with Gasteiger partial charge in [-0.1, -0.05) is 46.7 Å². The second-order valence-electron chi connectivity index (χ2n) is 7.18. The Balaban J connectivity index is 2.00. The summed E-state index contributed by atoms with van der Waals surface area (Å²) in [5, 5.41) is 28.1. The van der Waals surface area contributed by atoms with Gasteiger partial charge >= 0.3 is 17.0 Å². The van der Waals surface area contributed by atoms with Gasteiger partial charge in [0.2, 0.25) is 5.88 Å². The Morgan fingerprint density at radius 3 is 2.53 bits per heavy atom. The molecule has 34 heavy (non-hydrogen) atoms. The number of nitrogens with zero attached hydrogens (tertiary/aromatic N) is 3. The molecule has 13 heteroatoms. The Kier molecular flexibility index (Phi) is 6.28. The quantitative estimate of drug-likeness (QED) is 0.528. The predicted octanol–water partition coefficient (Wildman–Crippen LogP) is 3.35. The third kappa shape index (κ3) is 4.59. The minimum Gasteiger partial charge on any atom is -0.493 e. The molecule has 0 aliphatic carbocycles. The third-order valence-corrected chi connectivity index (χ3v) is 6.54. The molecule has 0 atom stereocenters. The van der Waals surface area contributed by atoms with Crippen molar-refractivity contribution >= 4 is 51.3 Å². The molecular weight excluding hydrogens is 518 g/mol. The lowest BCUT2D eigenvalue weighted by Gasteiger charge is -2.15. The smallest absolute Gasteiger partial charge is 0.416 e. The standard InChI is InChI=1S/C21H12Cl2F3N3O4S/c22-11-3-1-10(14(7-11)21(24,25)26)6-12(9-2-4-15-13(5-9)18(23)28-27-15)17-19(32)29(8-16(30)31)20(33)34-17/h1-5,7,32H,6,8H2,(H,30,31). The maximum Gasteiger partial charge on any atom is 0.416 e. The summed E-state index contributed by atoms with van der Waals surface area (Å²) >= 11 is 12.4. The molecule has 3 aromatic rings. The van der Waals surface area contributed by atoms with Crippen LogP contribution in [0.2, 0.25) is 5.02 Å². The van der Waals surface area contributed by atoms with Crippen molar-refractivity contribution < 1.29 is 28.2 Å².